The standard InChI is InChI=1S/C27H37O11P/c1-7-36-26(31)18(4)38-39(33,35-6)13-9-8-10-19(25(29)30)14-16(2)11-12-20-23(28)22-21(15-37-27(22)32)17(3)24(20)34-5/h8-9,11,18-19,28H,7,10,12-15H2,1-6H3,(H,29,30)/t18-,19?,39?/m0/s1. The zero-order valence-electron chi connectivity index (χ0n) is 23.1. The second kappa shape index (κ2) is 14.3. The Balaban J connectivity index is 2.07. The normalized spacial score (nSPS) is 16.4. The van der Waals surface area contributed by atoms with Crippen LogP contribution in [0.2, 0.25) is 0 Å². The molecule has 39 heavy (non-hydrogen) atoms. The van der Waals surface area contributed by atoms with Gasteiger partial charge in [-0.15, -0.1) is 0 Å². The van der Waals surface area contributed by atoms with Crippen molar-refractivity contribution >= 4 is 25.5 Å². The highest BCUT2D eigenvalue weighted by atomic mass is 31.2. The van der Waals surface area contributed by atoms with Gasteiger partial charge >= 0.3 is 25.5 Å². The van der Waals surface area contributed by atoms with Crippen LogP contribution in [0.15, 0.2) is 23.8 Å². The molecule has 0 radical (unpaired) electrons. The average molecular weight is 569 g/mol. The van der Waals surface area contributed by atoms with E-state index in [2.05, 4.69) is 0 Å². The summed E-state index contributed by atoms with van der Waals surface area (Å²) in [5, 5.41) is 20.5. The summed E-state index contributed by atoms with van der Waals surface area (Å²) in [6.45, 7) is 6.85. The molecule has 3 atom stereocenters. The molecule has 2 rings (SSSR count). The molecule has 0 saturated carbocycles. The molecule has 11 nitrogen and oxygen atoms in total. The van der Waals surface area contributed by atoms with E-state index in [1.54, 1.807) is 32.9 Å². The predicted octanol–water partition coefficient (Wildman–Crippen LogP) is 4.71. The van der Waals surface area contributed by atoms with Crippen molar-refractivity contribution in [3.05, 3.63) is 46.1 Å². The number of phenolic OH excluding ortho intramolecular Hbond substituents is 1. The second-order valence-corrected chi connectivity index (χ2v) is 11.3. The van der Waals surface area contributed by atoms with Gasteiger partial charge in [0.05, 0.1) is 25.8 Å². The first-order valence-electron chi connectivity index (χ1n) is 12.5. The molecular weight excluding hydrogens is 531 g/mol. The van der Waals surface area contributed by atoms with E-state index in [1.165, 1.54) is 27.2 Å². The van der Waals surface area contributed by atoms with E-state index in [0.717, 1.165) is 5.57 Å². The Bertz CT molecular complexity index is 1180. The molecule has 1 aromatic carbocycles. The van der Waals surface area contributed by atoms with Gasteiger partial charge in [0, 0.05) is 18.2 Å². The van der Waals surface area contributed by atoms with Crippen molar-refractivity contribution in [2.45, 2.75) is 59.7 Å². The van der Waals surface area contributed by atoms with Crippen LogP contribution in [0.25, 0.3) is 0 Å². The summed E-state index contributed by atoms with van der Waals surface area (Å²) in [4.78, 5) is 35.7. The maximum absolute atomic E-state index is 12.8. The number of carboxylic acid groups (broad SMARTS) is 1. The molecule has 1 aliphatic rings. The smallest absolute Gasteiger partial charge is 0.342 e. The lowest BCUT2D eigenvalue weighted by Gasteiger charge is -2.19. The van der Waals surface area contributed by atoms with E-state index in [1.807, 2.05) is 0 Å². The molecule has 2 N–H and O–H groups in total. The number of esters is 2. The van der Waals surface area contributed by atoms with Crippen molar-refractivity contribution in [2.24, 2.45) is 5.92 Å². The first-order chi connectivity index (χ1) is 18.4. The molecule has 0 spiro atoms. The molecule has 0 aromatic heterocycles. The molecule has 2 unspecified atom stereocenters. The Kier molecular flexibility index (Phi) is 11.8. The minimum Gasteiger partial charge on any atom is -0.507 e. The summed E-state index contributed by atoms with van der Waals surface area (Å²) >= 11 is 0. The first-order valence-corrected chi connectivity index (χ1v) is 14.2. The Hall–Kier alpha value is -3.14. The summed E-state index contributed by atoms with van der Waals surface area (Å²) < 4.78 is 38.5. The molecule has 0 fully saturated rings. The van der Waals surface area contributed by atoms with E-state index in [0.29, 0.717) is 22.4 Å². The SMILES string of the molecule is CCOC(=O)[C@H](C)OP(=O)(CC=CCC(CC(C)=CCc1c(O)c2c(c(C)c1OC)COC2=O)C(=O)O)OC. The summed E-state index contributed by atoms with van der Waals surface area (Å²) in [6, 6.07) is 0. The van der Waals surface area contributed by atoms with Gasteiger partial charge in [0.1, 0.15) is 23.7 Å². The van der Waals surface area contributed by atoms with Gasteiger partial charge in [0.2, 0.25) is 0 Å². The van der Waals surface area contributed by atoms with Gasteiger partial charge in [0.15, 0.2) is 6.10 Å². The minimum atomic E-state index is -3.63. The molecule has 0 aliphatic carbocycles. The van der Waals surface area contributed by atoms with Crippen molar-refractivity contribution < 1.29 is 52.4 Å². The molecular formula is C27H37O11P. The van der Waals surface area contributed by atoms with Gasteiger partial charge < -0.3 is 28.9 Å². The number of fused-ring (bicyclic) bond motifs is 1. The Labute approximate surface area is 228 Å². The summed E-state index contributed by atoms with van der Waals surface area (Å²) in [6.07, 6.45) is 4.23. The zero-order valence-corrected chi connectivity index (χ0v) is 24.0. The molecule has 1 aromatic rings. The van der Waals surface area contributed by atoms with Crippen LogP contribution >= 0.6 is 7.60 Å². The number of allylic oxidation sites excluding steroid dienone is 4. The van der Waals surface area contributed by atoms with Gasteiger partial charge in [0.25, 0.3) is 0 Å². The number of methoxy groups -OCH3 is 1. The maximum atomic E-state index is 12.8. The van der Waals surface area contributed by atoms with E-state index < -0.39 is 37.5 Å². The van der Waals surface area contributed by atoms with Crippen molar-refractivity contribution in [1.82, 2.24) is 0 Å². The number of aliphatic carboxylic acids is 1. The zero-order chi connectivity index (χ0) is 29.3. The van der Waals surface area contributed by atoms with Gasteiger partial charge in [-0.25, -0.2) is 9.59 Å². The van der Waals surface area contributed by atoms with E-state index in [9.17, 15) is 29.2 Å². The number of carbonyl (C=O) groups excluding carboxylic acids is 2. The summed E-state index contributed by atoms with van der Waals surface area (Å²) in [5.74, 6) is -2.77. The summed E-state index contributed by atoms with van der Waals surface area (Å²) in [5.41, 5.74) is 2.62. The fraction of sp³-hybridized carbons (Fsp3) is 0.519. The maximum Gasteiger partial charge on any atom is 0.342 e. The lowest BCUT2D eigenvalue weighted by atomic mass is 9.93. The fourth-order valence-electron chi connectivity index (χ4n) is 4.22. The van der Waals surface area contributed by atoms with Crippen LogP contribution in [-0.2, 0) is 45.7 Å². The topological polar surface area (TPSA) is 155 Å². The predicted molar refractivity (Wildman–Crippen MR) is 142 cm³/mol. The van der Waals surface area contributed by atoms with Gasteiger partial charge in [-0.2, -0.15) is 0 Å². The number of hydrogen-bond acceptors (Lipinski definition) is 10. The number of aromatic hydroxyl groups is 1. The Morgan fingerprint density at radius 3 is 2.51 bits per heavy atom. The highest BCUT2D eigenvalue weighted by molar-refractivity contribution is 7.54. The molecule has 1 aliphatic heterocycles. The molecule has 0 bridgehead atoms. The highest BCUT2D eigenvalue weighted by Crippen LogP contribution is 2.48. The van der Waals surface area contributed by atoms with Crippen LogP contribution < -0.4 is 4.74 Å². The van der Waals surface area contributed by atoms with Crippen LogP contribution in [0, 0.1) is 12.8 Å². The van der Waals surface area contributed by atoms with Gasteiger partial charge in [-0.05, 0) is 52.5 Å². The Morgan fingerprint density at radius 2 is 1.92 bits per heavy atom. The minimum absolute atomic E-state index is 0.0727. The number of carboxylic acids is 1. The molecule has 0 saturated heterocycles. The molecule has 1 heterocycles. The van der Waals surface area contributed by atoms with E-state index >= 15 is 0 Å². The van der Waals surface area contributed by atoms with Crippen molar-refractivity contribution in [3.8, 4) is 11.5 Å². The molecule has 12 heteroatoms. The molecule has 216 valence electrons. The number of hydrogen-bond donors (Lipinski definition) is 2. The molecule has 0 amide bonds. The fourth-order valence-corrected chi connectivity index (χ4v) is 5.51. The largest absolute Gasteiger partial charge is 0.507 e. The third-order valence-electron chi connectivity index (χ3n) is 6.35. The van der Waals surface area contributed by atoms with Crippen LogP contribution in [0.3, 0.4) is 0 Å². The number of carbonyl (C=O) groups is 3. The van der Waals surface area contributed by atoms with Crippen LogP contribution in [0.1, 0.15) is 60.7 Å². The van der Waals surface area contributed by atoms with E-state index in [-0.39, 0.29) is 50.0 Å². The second-order valence-electron chi connectivity index (χ2n) is 9.09. The third-order valence-corrected chi connectivity index (χ3v) is 8.20. The number of ether oxygens (including phenoxy) is 3. The highest BCUT2D eigenvalue weighted by Gasteiger charge is 2.32. The summed E-state index contributed by atoms with van der Waals surface area (Å²) in [7, 11) is -0.949. The van der Waals surface area contributed by atoms with Crippen molar-refractivity contribution in [3.63, 3.8) is 0 Å². The lowest BCUT2D eigenvalue weighted by Crippen LogP contribution is -2.23. The van der Waals surface area contributed by atoms with Crippen LogP contribution in [-0.4, -0.2) is 61.2 Å². The van der Waals surface area contributed by atoms with E-state index in [4.69, 9.17) is 23.3 Å². The first kappa shape index (κ1) is 32.1. The van der Waals surface area contributed by atoms with Crippen molar-refractivity contribution in [2.75, 3.05) is 27.0 Å². The van der Waals surface area contributed by atoms with Gasteiger partial charge in [-0.1, -0.05) is 23.8 Å². The third kappa shape index (κ3) is 8.17. The average Bonchev–Trinajstić information content (AvgIpc) is 3.28. The number of benzene rings is 1. The monoisotopic (exact) mass is 568 g/mol. The van der Waals surface area contributed by atoms with Crippen LogP contribution in [0.5, 0.6) is 11.5 Å². The lowest BCUT2D eigenvalue weighted by molar-refractivity contribution is -0.150. The number of cyclic esters (lactones) is 1. The number of rotatable bonds is 15. The quantitative estimate of drug-likeness (QED) is 0.172. The number of phenols is 1. The Morgan fingerprint density at radius 1 is 1.23 bits per heavy atom. The van der Waals surface area contributed by atoms with Crippen molar-refractivity contribution in [1.29, 1.82) is 0 Å². The van der Waals surface area contributed by atoms with Gasteiger partial charge in [-0.3, -0.25) is 13.9 Å². The van der Waals surface area contributed by atoms with Crippen LogP contribution in [0.4, 0.5) is 0 Å².